The number of nitrogen functional groups attached to an aromatic ring is 1. The van der Waals surface area contributed by atoms with Crippen molar-refractivity contribution in [2.75, 3.05) is 44.4 Å². The fraction of sp³-hybridized carbons (Fsp3) is 0.533. The Morgan fingerprint density at radius 3 is 2.65 bits per heavy atom. The molecule has 1 saturated heterocycles. The molecule has 5 heteroatoms. The summed E-state index contributed by atoms with van der Waals surface area (Å²) in [4.78, 5) is 16.6. The number of benzene rings is 1. The van der Waals surface area contributed by atoms with Crippen LogP contribution in [0.15, 0.2) is 18.2 Å². The number of carbonyl (C=O) groups excluding carboxylic acids is 1. The van der Waals surface area contributed by atoms with Crippen LogP contribution in [0.5, 0.6) is 0 Å². The lowest BCUT2D eigenvalue weighted by Crippen LogP contribution is -2.58. The Kier molecular flexibility index (Phi) is 3.90. The summed E-state index contributed by atoms with van der Waals surface area (Å²) in [5.74, 6) is -0.0725. The van der Waals surface area contributed by atoms with Gasteiger partial charge in [0.05, 0.1) is 11.3 Å². The molecule has 0 aliphatic carbocycles. The Hall–Kier alpha value is -1.75. The first-order valence-electron chi connectivity index (χ1n) is 6.93. The lowest BCUT2D eigenvalue weighted by molar-refractivity contribution is 0.0962. The number of nitrogens with zero attached hydrogens (tertiary/aromatic N) is 2. The minimum atomic E-state index is -0.0725. The van der Waals surface area contributed by atoms with Gasteiger partial charge in [-0.2, -0.15) is 0 Å². The maximum Gasteiger partial charge on any atom is 0.253 e. The highest BCUT2D eigenvalue weighted by molar-refractivity contribution is 6.00. The molecule has 1 aromatic rings. The molecular weight excluding hydrogens is 252 g/mol. The molecule has 1 aliphatic heterocycles. The van der Waals surface area contributed by atoms with Crippen LogP contribution in [0.3, 0.4) is 0 Å². The highest BCUT2D eigenvalue weighted by Crippen LogP contribution is 2.29. The molecule has 1 aromatic carbocycles. The maximum atomic E-state index is 12.0. The predicted octanol–water partition coefficient (Wildman–Crippen LogP) is 1.16. The van der Waals surface area contributed by atoms with E-state index >= 15 is 0 Å². The minimum absolute atomic E-state index is 0.0722. The van der Waals surface area contributed by atoms with Crippen molar-refractivity contribution in [3.63, 3.8) is 0 Å². The average molecular weight is 276 g/mol. The van der Waals surface area contributed by atoms with E-state index in [1.54, 1.807) is 19.2 Å². The number of nitrogens with one attached hydrogen (secondary N) is 1. The normalized spacial score (nSPS) is 18.9. The molecule has 1 amide bonds. The monoisotopic (exact) mass is 276 g/mol. The van der Waals surface area contributed by atoms with Crippen molar-refractivity contribution in [2.45, 2.75) is 19.4 Å². The van der Waals surface area contributed by atoms with E-state index in [9.17, 15) is 4.79 Å². The van der Waals surface area contributed by atoms with Gasteiger partial charge < -0.3 is 16.0 Å². The quantitative estimate of drug-likeness (QED) is 0.796. The minimum Gasteiger partial charge on any atom is -0.399 e. The smallest absolute Gasteiger partial charge is 0.253 e. The standard InChI is InChI=1S/C15H24N4O/c1-15(2)10-19(8-7-18(15)4)13-9-11(16)5-6-12(13)14(20)17-3/h5-6,9H,7-8,10,16H2,1-4H3,(H,17,20). The van der Waals surface area contributed by atoms with Gasteiger partial charge in [0.2, 0.25) is 0 Å². The molecule has 1 aliphatic rings. The van der Waals surface area contributed by atoms with E-state index in [0.29, 0.717) is 11.3 Å². The third-order valence-electron chi connectivity index (χ3n) is 4.15. The van der Waals surface area contributed by atoms with Gasteiger partial charge in [0.1, 0.15) is 0 Å². The third-order valence-corrected chi connectivity index (χ3v) is 4.15. The highest BCUT2D eigenvalue weighted by Gasteiger charge is 2.32. The van der Waals surface area contributed by atoms with E-state index in [2.05, 4.69) is 36.0 Å². The summed E-state index contributed by atoms with van der Waals surface area (Å²) in [6, 6.07) is 5.47. The first-order valence-corrected chi connectivity index (χ1v) is 6.93. The Labute approximate surface area is 120 Å². The van der Waals surface area contributed by atoms with Crippen molar-refractivity contribution >= 4 is 17.3 Å². The Bertz CT molecular complexity index is 513. The molecule has 0 unspecified atom stereocenters. The van der Waals surface area contributed by atoms with Gasteiger partial charge in [0.15, 0.2) is 0 Å². The molecule has 0 radical (unpaired) electrons. The van der Waals surface area contributed by atoms with Crippen LogP contribution in [-0.2, 0) is 0 Å². The zero-order valence-corrected chi connectivity index (χ0v) is 12.7. The molecule has 0 bridgehead atoms. The van der Waals surface area contributed by atoms with Gasteiger partial charge in [0.25, 0.3) is 5.91 Å². The lowest BCUT2D eigenvalue weighted by atomic mass is 9.98. The number of rotatable bonds is 2. The maximum absolute atomic E-state index is 12.0. The van der Waals surface area contributed by atoms with E-state index in [-0.39, 0.29) is 11.4 Å². The number of hydrogen-bond donors (Lipinski definition) is 2. The van der Waals surface area contributed by atoms with Gasteiger partial charge in [-0.25, -0.2) is 0 Å². The van der Waals surface area contributed by atoms with E-state index in [1.807, 2.05) is 6.07 Å². The zero-order chi connectivity index (χ0) is 14.9. The van der Waals surface area contributed by atoms with Crippen molar-refractivity contribution in [2.24, 2.45) is 0 Å². The van der Waals surface area contributed by atoms with Gasteiger partial charge in [-0.1, -0.05) is 0 Å². The van der Waals surface area contributed by atoms with Crippen LogP contribution in [0.4, 0.5) is 11.4 Å². The van der Waals surface area contributed by atoms with Crippen LogP contribution < -0.4 is 16.0 Å². The summed E-state index contributed by atoms with van der Waals surface area (Å²) in [7, 11) is 3.78. The van der Waals surface area contributed by atoms with Gasteiger partial charge in [-0.3, -0.25) is 9.69 Å². The largest absolute Gasteiger partial charge is 0.399 e. The number of hydrogen-bond acceptors (Lipinski definition) is 4. The molecule has 0 aromatic heterocycles. The summed E-state index contributed by atoms with van der Waals surface area (Å²) in [5.41, 5.74) is 8.26. The van der Waals surface area contributed by atoms with Gasteiger partial charge in [-0.05, 0) is 39.1 Å². The summed E-state index contributed by atoms with van der Waals surface area (Å²) in [6.45, 7) is 7.16. The second kappa shape index (κ2) is 5.32. The third kappa shape index (κ3) is 2.72. The second-order valence-corrected chi connectivity index (χ2v) is 6.01. The molecule has 0 saturated carbocycles. The van der Waals surface area contributed by atoms with Crippen LogP contribution in [0.2, 0.25) is 0 Å². The number of anilines is 2. The average Bonchev–Trinajstić information content (AvgIpc) is 2.41. The number of nitrogens with two attached hydrogens (primary N) is 1. The number of piperazine rings is 1. The van der Waals surface area contributed by atoms with Crippen LogP contribution in [0.1, 0.15) is 24.2 Å². The molecule has 110 valence electrons. The van der Waals surface area contributed by atoms with Crippen molar-refractivity contribution < 1.29 is 4.79 Å². The van der Waals surface area contributed by atoms with Gasteiger partial charge in [0, 0.05) is 37.9 Å². The highest BCUT2D eigenvalue weighted by atomic mass is 16.1. The SMILES string of the molecule is CNC(=O)c1ccc(N)cc1N1CCN(C)C(C)(C)C1. The Morgan fingerprint density at radius 1 is 1.35 bits per heavy atom. The first kappa shape index (κ1) is 14.7. The summed E-state index contributed by atoms with van der Waals surface area (Å²) >= 11 is 0. The van der Waals surface area contributed by atoms with Crippen LogP contribution in [0.25, 0.3) is 0 Å². The van der Waals surface area contributed by atoms with Crippen molar-refractivity contribution in [3.8, 4) is 0 Å². The Morgan fingerprint density at radius 2 is 2.05 bits per heavy atom. The molecule has 1 heterocycles. The van der Waals surface area contributed by atoms with Crippen molar-refractivity contribution in [1.82, 2.24) is 10.2 Å². The topological polar surface area (TPSA) is 61.6 Å². The molecular formula is C15H24N4O. The van der Waals surface area contributed by atoms with E-state index in [0.717, 1.165) is 25.3 Å². The molecule has 5 nitrogen and oxygen atoms in total. The molecule has 2 rings (SSSR count). The van der Waals surface area contributed by atoms with Crippen LogP contribution in [-0.4, -0.2) is 50.1 Å². The first-order chi connectivity index (χ1) is 9.35. The van der Waals surface area contributed by atoms with E-state index in [1.165, 1.54) is 0 Å². The summed E-state index contributed by atoms with van der Waals surface area (Å²) in [6.07, 6.45) is 0. The van der Waals surface area contributed by atoms with Gasteiger partial charge >= 0.3 is 0 Å². The number of amides is 1. The molecule has 3 N–H and O–H groups in total. The fourth-order valence-electron chi connectivity index (χ4n) is 2.58. The predicted molar refractivity (Wildman–Crippen MR) is 83.2 cm³/mol. The van der Waals surface area contributed by atoms with E-state index in [4.69, 9.17) is 5.73 Å². The number of likely N-dealkylation sites (N-methyl/N-ethyl adjacent to an activating group) is 1. The molecule has 0 spiro atoms. The summed E-state index contributed by atoms with van der Waals surface area (Å²) < 4.78 is 0. The van der Waals surface area contributed by atoms with Crippen LogP contribution in [0, 0.1) is 0 Å². The van der Waals surface area contributed by atoms with Crippen molar-refractivity contribution in [1.29, 1.82) is 0 Å². The molecule has 1 fully saturated rings. The van der Waals surface area contributed by atoms with Gasteiger partial charge in [-0.15, -0.1) is 0 Å². The Balaban J connectivity index is 2.37. The van der Waals surface area contributed by atoms with Crippen LogP contribution >= 0.6 is 0 Å². The molecule has 0 atom stereocenters. The second-order valence-electron chi connectivity index (χ2n) is 6.01. The number of carbonyl (C=O) groups is 1. The lowest BCUT2D eigenvalue weighted by Gasteiger charge is -2.46. The summed E-state index contributed by atoms with van der Waals surface area (Å²) in [5, 5.41) is 2.69. The van der Waals surface area contributed by atoms with E-state index < -0.39 is 0 Å². The fourth-order valence-corrected chi connectivity index (χ4v) is 2.58. The van der Waals surface area contributed by atoms with Crippen molar-refractivity contribution in [3.05, 3.63) is 23.8 Å². The molecule has 20 heavy (non-hydrogen) atoms. The zero-order valence-electron chi connectivity index (χ0n) is 12.7.